The highest BCUT2D eigenvalue weighted by atomic mass is 16.5. The van der Waals surface area contributed by atoms with E-state index in [1.165, 1.54) is 25.8 Å². The molecule has 0 aromatic heterocycles. The summed E-state index contributed by atoms with van der Waals surface area (Å²) in [7, 11) is 0. The minimum absolute atomic E-state index is 0.137. The molecular weight excluding hydrogens is 230 g/mol. The average molecular weight is 253 g/mol. The lowest BCUT2D eigenvalue weighted by Crippen LogP contribution is -2.37. The Morgan fingerprint density at radius 1 is 1.11 bits per heavy atom. The zero-order valence-corrected chi connectivity index (χ0v) is 10.8. The highest BCUT2D eigenvalue weighted by molar-refractivity contribution is 5.16. The van der Waals surface area contributed by atoms with Gasteiger partial charge in [-0.15, -0.1) is 0 Å². The van der Waals surface area contributed by atoms with Crippen LogP contribution in [0.1, 0.15) is 19.3 Å². The fraction of sp³-hybridized carbons (Fsp3) is 1.00. The highest BCUT2D eigenvalue weighted by Gasteiger charge is 2.67. The Bertz CT molecular complexity index is 330. The molecule has 18 heavy (non-hydrogen) atoms. The van der Waals surface area contributed by atoms with Gasteiger partial charge in [0.05, 0.1) is 25.4 Å². The molecule has 1 aliphatic carbocycles. The third-order valence-electron chi connectivity index (χ3n) is 6.08. The molecule has 0 aromatic rings. The number of aliphatic hydroxyl groups excluding tert-OH is 2. The van der Waals surface area contributed by atoms with Gasteiger partial charge in [0.15, 0.2) is 0 Å². The van der Waals surface area contributed by atoms with E-state index in [0.29, 0.717) is 24.0 Å². The molecule has 4 rings (SSSR count). The van der Waals surface area contributed by atoms with Gasteiger partial charge in [0, 0.05) is 31.0 Å². The number of rotatable bonds is 4. The van der Waals surface area contributed by atoms with E-state index in [1.807, 2.05) is 0 Å². The van der Waals surface area contributed by atoms with Crippen LogP contribution in [-0.2, 0) is 4.74 Å². The summed E-state index contributed by atoms with van der Waals surface area (Å²) in [5, 5.41) is 18.8. The standard InChI is InChI=1S/C14H23NO3/c16-7-14(8-17)11-5-15(6-12(11)14)4-9-3-10-1-2-13(9)18-10/h9-13,16-17H,1-8H2/t9-,10+,11?,12?,13-/m1/s1. The van der Waals surface area contributed by atoms with Crippen molar-refractivity contribution in [3.63, 3.8) is 0 Å². The molecule has 2 bridgehead atoms. The Kier molecular flexibility index (Phi) is 2.54. The molecule has 5 atom stereocenters. The molecule has 1 saturated carbocycles. The minimum atomic E-state index is -0.137. The Hall–Kier alpha value is -0.160. The van der Waals surface area contributed by atoms with Gasteiger partial charge in [-0.3, -0.25) is 0 Å². The second kappa shape index (κ2) is 3.92. The Morgan fingerprint density at radius 2 is 1.83 bits per heavy atom. The van der Waals surface area contributed by atoms with Crippen molar-refractivity contribution in [1.82, 2.24) is 4.90 Å². The summed E-state index contributed by atoms with van der Waals surface area (Å²) >= 11 is 0. The average Bonchev–Trinajstić information content (AvgIpc) is 2.87. The van der Waals surface area contributed by atoms with Crippen LogP contribution >= 0.6 is 0 Å². The zero-order chi connectivity index (χ0) is 12.3. The van der Waals surface area contributed by atoms with Crippen LogP contribution in [0.15, 0.2) is 0 Å². The van der Waals surface area contributed by atoms with Gasteiger partial charge < -0.3 is 19.8 Å². The summed E-state index contributed by atoms with van der Waals surface area (Å²) in [6.45, 7) is 3.62. The van der Waals surface area contributed by atoms with E-state index in [-0.39, 0.29) is 18.6 Å². The lowest BCUT2D eigenvalue weighted by Gasteiger charge is -2.28. The summed E-state index contributed by atoms with van der Waals surface area (Å²) in [6.07, 6.45) is 4.85. The molecule has 0 radical (unpaired) electrons. The number of nitrogens with zero attached hydrogens (tertiary/aromatic N) is 1. The molecule has 2 N–H and O–H groups in total. The van der Waals surface area contributed by atoms with Crippen molar-refractivity contribution in [2.75, 3.05) is 32.8 Å². The lowest BCUT2D eigenvalue weighted by molar-refractivity contribution is 0.0699. The smallest absolute Gasteiger partial charge is 0.0621 e. The SMILES string of the molecule is OCC1(CO)C2CN(C[C@H]3C[C@@H]4CC[C@H]3O4)CC21. The van der Waals surface area contributed by atoms with Crippen LogP contribution in [0.3, 0.4) is 0 Å². The molecule has 4 nitrogen and oxygen atoms in total. The fourth-order valence-corrected chi connectivity index (χ4v) is 4.85. The van der Waals surface area contributed by atoms with Gasteiger partial charge in [-0.05, 0) is 31.1 Å². The van der Waals surface area contributed by atoms with Crippen LogP contribution in [0.25, 0.3) is 0 Å². The largest absolute Gasteiger partial charge is 0.396 e. The van der Waals surface area contributed by atoms with Crippen molar-refractivity contribution >= 4 is 0 Å². The Balaban J connectivity index is 1.33. The third-order valence-corrected chi connectivity index (χ3v) is 6.08. The number of hydrogen-bond donors (Lipinski definition) is 2. The highest BCUT2D eigenvalue weighted by Crippen LogP contribution is 2.62. The Labute approximate surface area is 108 Å². The minimum Gasteiger partial charge on any atom is -0.396 e. The maximum absolute atomic E-state index is 9.42. The van der Waals surface area contributed by atoms with E-state index in [4.69, 9.17) is 4.74 Å². The van der Waals surface area contributed by atoms with Crippen molar-refractivity contribution in [1.29, 1.82) is 0 Å². The second-order valence-electron chi connectivity index (χ2n) is 6.85. The van der Waals surface area contributed by atoms with Crippen molar-refractivity contribution < 1.29 is 14.9 Å². The van der Waals surface area contributed by atoms with Gasteiger partial charge in [0.1, 0.15) is 0 Å². The molecular formula is C14H23NO3. The van der Waals surface area contributed by atoms with E-state index in [9.17, 15) is 10.2 Å². The van der Waals surface area contributed by atoms with Crippen LogP contribution in [0.5, 0.6) is 0 Å². The predicted octanol–water partition coefficient (Wildman–Crippen LogP) is 0.0865. The third kappa shape index (κ3) is 1.46. The first kappa shape index (κ1) is 11.6. The van der Waals surface area contributed by atoms with E-state index in [2.05, 4.69) is 4.90 Å². The monoisotopic (exact) mass is 253 g/mol. The molecule has 0 spiro atoms. The molecule has 3 aliphatic heterocycles. The topological polar surface area (TPSA) is 52.9 Å². The van der Waals surface area contributed by atoms with Crippen molar-refractivity contribution in [3.8, 4) is 0 Å². The molecule has 3 saturated heterocycles. The van der Waals surface area contributed by atoms with Crippen LogP contribution in [0, 0.1) is 23.2 Å². The first-order valence-electron chi connectivity index (χ1n) is 7.36. The van der Waals surface area contributed by atoms with Gasteiger partial charge in [0.25, 0.3) is 0 Å². The first-order valence-corrected chi connectivity index (χ1v) is 7.36. The zero-order valence-electron chi connectivity index (χ0n) is 10.8. The summed E-state index contributed by atoms with van der Waals surface area (Å²) < 4.78 is 5.91. The maximum atomic E-state index is 9.42. The molecule has 102 valence electrons. The van der Waals surface area contributed by atoms with E-state index < -0.39 is 0 Å². The number of fused-ring (bicyclic) bond motifs is 3. The number of ether oxygens (including phenoxy) is 1. The van der Waals surface area contributed by atoms with Crippen LogP contribution in [0.4, 0.5) is 0 Å². The summed E-state index contributed by atoms with van der Waals surface area (Å²) in [5.74, 6) is 1.80. The second-order valence-corrected chi connectivity index (χ2v) is 6.85. The number of likely N-dealkylation sites (tertiary alicyclic amines) is 1. The van der Waals surface area contributed by atoms with E-state index in [0.717, 1.165) is 19.0 Å². The Morgan fingerprint density at radius 3 is 2.33 bits per heavy atom. The first-order chi connectivity index (χ1) is 8.76. The summed E-state index contributed by atoms with van der Waals surface area (Å²) in [5.41, 5.74) is -0.137. The van der Waals surface area contributed by atoms with Crippen LogP contribution in [-0.4, -0.2) is 60.2 Å². The summed E-state index contributed by atoms with van der Waals surface area (Å²) in [4.78, 5) is 2.54. The van der Waals surface area contributed by atoms with Gasteiger partial charge in [-0.25, -0.2) is 0 Å². The molecule has 2 unspecified atom stereocenters. The molecule has 0 aromatic carbocycles. The van der Waals surface area contributed by atoms with Crippen LogP contribution in [0.2, 0.25) is 0 Å². The molecule has 3 heterocycles. The van der Waals surface area contributed by atoms with Crippen molar-refractivity contribution in [2.45, 2.75) is 31.5 Å². The van der Waals surface area contributed by atoms with E-state index >= 15 is 0 Å². The molecule has 4 fully saturated rings. The quantitative estimate of drug-likeness (QED) is 0.745. The fourth-order valence-electron chi connectivity index (χ4n) is 4.85. The number of piperidine rings is 1. The lowest BCUT2D eigenvalue weighted by atomic mass is 9.88. The van der Waals surface area contributed by atoms with Crippen LogP contribution < -0.4 is 0 Å². The predicted molar refractivity (Wildman–Crippen MR) is 66.0 cm³/mol. The maximum Gasteiger partial charge on any atom is 0.0621 e. The normalized spacial score (nSPS) is 48.7. The van der Waals surface area contributed by atoms with Gasteiger partial charge in [0.2, 0.25) is 0 Å². The van der Waals surface area contributed by atoms with Crippen molar-refractivity contribution in [3.05, 3.63) is 0 Å². The number of aliphatic hydroxyl groups is 2. The van der Waals surface area contributed by atoms with Gasteiger partial charge in [-0.1, -0.05) is 0 Å². The van der Waals surface area contributed by atoms with Gasteiger partial charge in [-0.2, -0.15) is 0 Å². The summed E-state index contributed by atoms with van der Waals surface area (Å²) in [6, 6.07) is 0. The number of hydrogen-bond acceptors (Lipinski definition) is 4. The molecule has 4 heteroatoms. The molecule has 4 aliphatic rings. The van der Waals surface area contributed by atoms with E-state index in [1.54, 1.807) is 0 Å². The van der Waals surface area contributed by atoms with Gasteiger partial charge >= 0.3 is 0 Å². The van der Waals surface area contributed by atoms with Crippen molar-refractivity contribution in [2.24, 2.45) is 23.2 Å². The molecule has 0 amide bonds.